The van der Waals surface area contributed by atoms with Gasteiger partial charge in [0.25, 0.3) is 0 Å². The van der Waals surface area contributed by atoms with Gasteiger partial charge in [-0.3, -0.25) is 9.79 Å². The first-order chi connectivity index (χ1) is 14.2. The third kappa shape index (κ3) is 4.56. The summed E-state index contributed by atoms with van der Waals surface area (Å²) in [6, 6.07) is 16.0. The van der Waals surface area contributed by atoms with Gasteiger partial charge in [0.2, 0.25) is 5.91 Å². The number of hydrogen-bond donors (Lipinski definition) is 4. The maximum atomic E-state index is 12.0. The molecule has 0 bridgehead atoms. The molecular formula is C22H26N6O. The number of nitrogens with zero attached hydrogens (tertiary/aromatic N) is 2. The summed E-state index contributed by atoms with van der Waals surface area (Å²) in [6.07, 6.45) is 1.23. The van der Waals surface area contributed by atoms with Gasteiger partial charge in [0.05, 0.1) is 17.6 Å². The van der Waals surface area contributed by atoms with Crippen LogP contribution >= 0.6 is 0 Å². The van der Waals surface area contributed by atoms with Crippen molar-refractivity contribution in [3.05, 3.63) is 59.9 Å². The Kier molecular flexibility index (Phi) is 5.74. The van der Waals surface area contributed by atoms with Crippen molar-refractivity contribution in [3.8, 4) is 0 Å². The lowest BCUT2D eigenvalue weighted by Crippen LogP contribution is -2.39. The number of carbonyl (C=O) groups excluding carboxylic acids is 1. The number of H-pyrrole nitrogens is 1. The summed E-state index contributed by atoms with van der Waals surface area (Å²) >= 11 is 0. The Hall–Kier alpha value is -3.35. The van der Waals surface area contributed by atoms with Crippen molar-refractivity contribution in [1.29, 1.82) is 0 Å². The molecule has 1 atom stereocenters. The molecule has 0 saturated carbocycles. The zero-order valence-electron chi connectivity index (χ0n) is 16.5. The summed E-state index contributed by atoms with van der Waals surface area (Å²) in [6.45, 7) is 4.09. The lowest BCUT2D eigenvalue weighted by molar-refractivity contribution is -0.116. The molecule has 0 saturated heterocycles. The first-order valence-corrected chi connectivity index (χ1v) is 10.1. The molecule has 29 heavy (non-hydrogen) atoms. The fraction of sp³-hybridized carbons (Fsp3) is 0.318. The second-order valence-corrected chi connectivity index (χ2v) is 7.13. The number of aliphatic imine (C=N–C) groups is 1. The number of amides is 1. The van der Waals surface area contributed by atoms with Crippen molar-refractivity contribution < 1.29 is 4.79 Å². The van der Waals surface area contributed by atoms with Crippen LogP contribution in [0.5, 0.6) is 0 Å². The van der Waals surface area contributed by atoms with Crippen LogP contribution in [0.4, 0.5) is 5.69 Å². The number of aromatic nitrogens is 2. The Morgan fingerprint density at radius 3 is 2.86 bits per heavy atom. The van der Waals surface area contributed by atoms with E-state index >= 15 is 0 Å². The highest BCUT2D eigenvalue weighted by molar-refractivity contribution is 5.94. The Morgan fingerprint density at radius 1 is 1.17 bits per heavy atom. The Balaban J connectivity index is 1.38. The van der Waals surface area contributed by atoms with Crippen LogP contribution in [0.2, 0.25) is 0 Å². The van der Waals surface area contributed by atoms with Gasteiger partial charge in [0.1, 0.15) is 5.82 Å². The van der Waals surface area contributed by atoms with Crippen molar-refractivity contribution >= 4 is 28.6 Å². The zero-order chi connectivity index (χ0) is 20.1. The number of carbonyl (C=O) groups is 1. The van der Waals surface area contributed by atoms with E-state index in [-0.39, 0.29) is 11.8 Å². The van der Waals surface area contributed by atoms with Crippen molar-refractivity contribution in [1.82, 2.24) is 20.6 Å². The van der Waals surface area contributed by atoms with Gasteiger partial charge in [-0.25, -0.2) is 4.98 Å². The van der Waals surface area contributed by atoms with E-state index in [0.29, 0.717) is 19.5 Å². The minimum Gasteiger partial charge on any atom is -0.357 e. The fourth-order valence-corrected chi connectivity index (χ4v) is 3.63. The Bertz CT molecular complexity index is 992. The number of rotatable bonds is 6. The van der Waals surface area contributed by atoms with Crippen molar-refractivity contribution in [2.75, 3.05) is 25.0 Å². The van der Waals surface area contributed by atoms with Gasteiger partial charge in [0.15, 0.2) is 5.96 Å². The highest BCUT2D eigenvalue weighted by atomic mass is 16.1. The number of hydrogen-bond acceptors (Lipinski definition) is 3. The molecule has 7 nitrogen and oxygen atoms in total. The second kappa shape index (κ2) is 8.77. The molecule has 2 aromatic carbocycles. The van der Waals surface area contributed by atoms with Crippen LogP contribution in [0.25, 0.3) is 11.0 Å². The van der Waals surface area contributed by atoms with Crippen molar-refractivity contribution in [2.45, 2.75) is 25.7 Å². The average Bonchev–Trinajstić information content (AvgIpc) is 3.14. The topological polar surface area (TPSA) is 94.2 Å². The normalized spacial score (nSPS) is 16.4. The van der Waals surface area contributed by atoms with E-state index < -0.39 is 0 Å². The number of para-hydroxylation sites is 3. The third-order valence-corrected chi connectivity index (χ3v) is 5.01. The summed E-state index contributed by atoms with van der Waals surface area (Å²) in [4.78, 5) is 24.7. The molecule has 4 rings (SSSR count). The van der Waals surface area contributed by atoms with E-state index in [2.05, 4.69) is 32.0 Å². The summed E-state index contributed by atoms with van der Waals surface area (Å²) in [5.41, 5.74) is 4.08. The fourth-order valence-electron chi connectivity index (χ4n) is 3.63. The average molecular weight is 390 g/mol. The molecule has 4 N–H and O–H groups in total. The smallest absolute Gasteiger partial charge is 0.225 e. The number of nitrogens with one attached hydrogen (secondary N) is 4. The molecule has 1 unspecified atom stereocenters. The van der Waals surface area contributed by atoms with Crippen LogP contribution in [0.1, 0.15) is 30.7 Å². The zero-order valence-corrected chi connectivity index (χ0v) is 16.5. The molecule has 1 aliphatic rings. The minimum atomic E-state index is 0.0479. The van der Waals surface area contributed by atoms with Crippen LogP contribution in [-0.4, -0.2) is 41.5 Å². The number of benzene rings is 2. The number of aromatic amines is 1. The predicted molar refractivity (Wildman–Crippen MR) is 116 cm³/mol. The van der Waals surface area contributed by atoms with Gasteiger partial charge >= 0.3 is 0 Å². The maximum Gasteiger partial charge on any atom is 0.225 e. The molecule has 0 fully saturated rings. The minimum absolute atomic E-state index is 0.0479. The lowest BCUT2D eigenvalue weighted by atomic mass is 9.91. The van der Waals surface area contributed by atoms with Crippen LogP contribution in [0.15, 0.2) is 53.5 Å². The van der Waals surface area contributed by atoms with Crippen molar-refractivity contribution in [2.24, 2.45) is 4.99 Å². The molecular weight excluding hydrogens is 364 g/mol. The summed E-state index contributed by atoms with van der Waals surface area (Å²) < 4.78 is 0. The van der Waals surface area contributed by atoms with Crippen LogP contribution in [0, 0.1) is 0 Å². The molecule has 0 spiro atoms. The monoisotopic (exact) mass is 390 g/mol. The molecule has 1 amide bonds. The molecule has 0 radical (unpaired) electrons. The SMILES string of the molecule is CCNC(=NCC1CC(=O)Nc2ccccc21)NCCc1nc2ccccc2[nH]1. The van der Waals surface area contributed by atoms with E-state index in [1.807, 2.05) is 49.4 Å². The first kappa shape index (κ1) is 19.0. The van der Waals surface area contributed by atoms with Crippen LogP contribution in [0.3, 0.4) is 0 Å². The predicted octanol–water partition coefficient (Wildman–Crippen LogP) is 2.79. The summed E-state index contributed by atoms with van der Waals surface area (Å²) in [5, 5.41) is 9.58. The molecule has 1 aromatic heterocycles. The highest BCUT2D eigenvalue weighted by Crippen LogP contribution is 2.31. The molecule has 3 aromatic rings. The molecule has 2 heterocycles. The van der Waals surface area contributed by atoms with Gasteiger partial charge in [-0.1, -0.05) is 30.3 Å². The summed E-state index contributed by atoms with van der Waals surface area (Å²) in [7, 11) is 0. The van der Waals surface area contributed by atoms with Crippen LogP contribution in [-0.2, 0) is 11.2 Å². The van der Waals surface area contributed by atoms with Crippen LogP contribution < -0.4 is 16.0 Å². The van der Waals surface area contributed by atoms with Gasteiger partial charge in [0, 0.05) is 37.5 Å². The highest BCUT2D eigenvalue weighted by Gasteiger charge is 2.24. The van der Waals surface area contributed by atoms with E-state index in [4.69, 9.17) is 4.99 Å². The van der Waals surface area contributed by atoms with E-state index in [0.717, 1.165) is 47.0 Å². The van der Waals surface area contributed by atoms with Crippen molar-refractivity contribution in [3.63, 3.8) is 0 Å². The van der Waals surface area contributed by atoms with Gasteiger partial charge in [-0.2, -0.15) is 0 Å². The lowest BCUT2D eigenvalue weighted by Gasteiger charge is -2.24. The molecule has 1 aliphatic heterocycles. The number of fused-ring (bicyclic) bond motifs is 2. The number of anilines is 1. The number of imidazole rings is 1. The van der Waals surface area contributed by atoms with E-state index in [9.17, 15) is 4.79 Å². The molecule has 7 heteroatoms. The van der Waals surface area contributed by atoms with E-state index in [1.54, 1.807) is 0 Å². The molecule has 150 valence electrons. The first-order valence-electron chi connectivity index (χ1n) is 10.1. The van der Waals surface area contributed by atoms with E-state index in [1.165, 1.54) is 0 Å². The Morgan fingerprint density at radius 2 is 2.00 bits per heavy atom. The van der Waals surface area contributed by atoms with Gasteiger partial charge < -0.3 is 20.9 Å². The number of guanidine groups is 1. The van der Waals surface area contributed by atoms with Gasteiger partial charge in [-0.15, -0.1) is 0 Å². The Labute approximate surface area is 170 Å². The molecule has 0 aliphatic carbocycles. The van der Waals surface area contributed by atoms with Gasteiger partial charge in [-0.05, 0) is 30.7 Å². The summed E-state index contributed by atoms with van der Waals surface area (Å²) in [5.74, 6) is 1.84. The maximum absolute atomic E-state index is 12.0. The second-order valence-electron chi connectivity index (χ2n) is 7.13. The quantitative estimate of drug-likeness (QED) is 0.385. The standard InChI is InChI=1S/C22H26N6O/c1-2-23-22(24-12-11-20-26-18-9-5-6-10-19(18)27-20)25-14-15-13-21(29)28-17-8-4-3-7-16(15)17/h3-10,15H,2,11-14H2,1H3,(H,26,27)(H,28,29)(H2,23,24,25). The third-order valence-electron chi connectivity index (χ3n) is 5.01. The largest absolute Gasteiger partial charge is 0.357 e.